The third kappa shape index (κ3) is 2.28. The summed E-state index contributed by atoms with van der Waals surface area (Å²) in [6, 6.07) is 0. The van der Waals surface area contributed by atoms with Crippen molar-refractivity contribution in [3.63, 3.8) is 0 Å². The molecule has 1 heterocycles. The summed E-state index contributed by atoms with van der Waals surface area (Å²) in [6.07, 6.45) is 1.90. The highest BCUT2D eigenvalue weighted by Gasteiger charge is 2.14. The molecular weight excluding hydrogens is 176 g/mol. The van der Waals surface area contributed by atoms with Gasteiger partial charge < -0.3 is 5.11 Å². The molecule has 0 unspecified atom stereocenters. The molecule has 0 bridgehead atoms. The molecule has 0 fully saturated rings. The van der Waals surface area contributed by atoms with Gasteiger partial charge in [0.25, 0.3) is 0 Å². The van der Waals surface area contributed by atoms with E-state index in [1.165, 1.54) is 0 Å². The molecule has 0 aromatic carbocycles. The van der Waals surface area contributed by atoms with Gasteiger partial charge >= 0.3 is 0 Å². The minimum atomic E-state index is 0.359. The number of hydrogen-bond acceptors (Lipinski definition) is 2. The van der Waals surface area contributed by atoms with Gasteiger partial charge in [-0.15, -0.1) is 0 Å². The van der Waals surface area contributed by atoms with Crippen LogP contribution >= 0.6 is 0 Å². The minimum Gasteiger partial charge on any atom is -0.493 e. The molecule has 0 saturated carbocycles. The van der Waals surface area contributed by atoms with E-state index in [-0.39, 0.29) is 0 Å². The van der Waals surface area contributed by atoms with Crippen LogP contribution in [0.25, 0.3) is 0 Å². The Labute approximate surface area is 85.8 Å². The molecule has 0 saturated heterocycles. The number of hydrogen-bond donors (Lipinski definition) is 1. The Kier molecular flexibility index (Phi) is 3.55. The SMILES string of the molecule is CCCn1nc(C)c(CC(C)C)c1O. The maximum atomic E-state index is 9.89. The topological polar surface area (TPSA) is 38.0 Å². The molecule has 0 spiro atoms. The van der Waals surface area contributed by atoms with E-state index in [0.29, 0.717) is 11.8 Å². The Morgan fingerprint density at radius 2 is 2.07 bits per heavy atom. The Hall–Kier alpha value is -0.990. The number of rotatable bonds is 4. The molecule has 0 aliphatic heterocycles. The van der Waals surface area contributed by atoms with Crippen molar-refractivity contribution in [1.29, 1.82) is 0 Å². The molecule has 0 amide bonds. The molecule has 3 heteroatoms. The molecule has 14 heavy (non-hydrogen) atoms. The van der Waals surface area contributed by atoms with Crippen molar-refractivity contribution in [3.05, 3.63) is 11.3 Å². The van der Waals surface area contributed by atoms with Crippen molar-refractivity contribution in [1.82, 2.24) is 9.78 Å². The van der Waals surface area contributed by atoms with E-state index >= 15 is 0 Å². The van der Waals surface area contributed by atoms with Gasteiger partial charge in [-0.2, -0.15) is 5.10 Å². The molecule has 3 nitrogen and oxygen atoms in total. The van der Waals surface area contributed by atoms with Crippen LogP contribution in [0.1, 0.15) is 38.4 Å². The molecule has 80 valence electrons. The van der Waals surface area contributed by atoms with E-state index in [1.54, 1.807) is 4.68 Å². The number of aryl methyl sites for hydroxylation is 2. The van der Waals surface area contributed by atoms with E-state index in [2.05, 4.69) is 25.9 Å². The van der Waals surface area contributed by atoms with Crippen LogP contribution in [0.2, 0.25) is 0 Å². The van der Waals surface area contributed by atoms with Gasteiger partial charge in [-0.3, -0.25) is 0 Å². The van der Waals surface area contributed by atoms with Gasteiger partial charge in [0.2, 0.25) is 5.88 Å². The van der Waals surface area contributed by atoms with Crippen LogP contribution in [0.4, 0.5) is 0 Å². The Morgan fingerprint density at radius 1 is 1.43 bits per heavy atom. The maximum Gasteiger partial charge on any atom is 0.212 e. The van der Waals surface area contributed by atoms with E-state index in [4.69, 9.17) is 0 Å². The highest BCUT2D eigenvalue weighted by Crippen LogP contribution is 2.23. The average Bonchev–Trinajstić information content (AvgIpc) is 2.33. The average molecular weight is 196 g/mol. The van der Waals surface area contributed by atoms with Crippen LogP contribution in [-0.2, 0) is 13.0 Å². The first-order chi connectivity index (χ1) is 6.56. The summed E-state index contributed by atoms with van der Waals surface area (Å²) in [5.41, 5.74) is 1.97. The van der Waals surface area contributed by atoms with E-state index in [0.717, 1.165) is 30.6 Å². The molecule has 1 aromatic rings. The van der Waals surface area contributed by atoms with Crippen LogP contribution < -0.4 is 0 Å². The second-order valence-corrected chi connectivity index (χ2v) is 4.21. The fraction of sp³-hybridized carbons (Fsp3) is 0.727. The number of aromatic hydroxyl groups is 1. The summed E-state index contributed by atoms with van der Waals surface area (Å²) in [4.78, 5) is 0. The van der Waals surface area contributed by atoms with Crippen molar-refractivity contribution in [2.75, 3.05) is 0 Å². The summed E-state index contributed by atoms with van der Waals surface area (Å²) in [5.74, 6) is 0.914. The highest BCUT2D eigenvalue weighted by molar-refractivity contribution is 5.30. The van der Waals surface area contributed by atoms with Crippen LogP contribution in [0.3, 0.4) is 0 Å². The highest BCUT2D eigenvalue weighted by atomic mass is 16.3. The van der Waals surface area contributed by atoms with Crippen LogP contribution in [0.15, 0.2) is 0 Å². The maximum absolute atomic E-state index is 9.89. The smallest absolute Gasteiger partial charge is 0.212 e. The lowest BCUT2D eigenvalue weighted by molar-refractivity contribution is 0.390. The molecule has 0 atom stereocenters. The van der Waals surface area contributed by atoms with Crippen LogP contribution in [-0.4, -0.2) is 14.9 Å². The molecule has 1 aromatic heterocycles. The standard InChI is InChI=1S/C11H20N2O/c1-5-6-13-11(14)10(7-8(2)3)9(4)12-13/h8,14H,5-7H2,1-4H3. The fourth-order valence-corrected chi connectivity index (χ4v) is 1.62. The van der Waals surface area contributed by atoms with Gasteiger partial charge in [0.1, 0.15) is 0 Å². The van der Waals surface area contributed by atoms with Crippen LogP contribution in [0.5, 0.6) is 5.88 Å². The van der Waals surface area contributed by atoms with Gasteiger partial charge in [-0.25, -0.2) is 4.68 Å². The quantitative estimate of drug-likeness (QED) is 0.803. The first kappa shape index (κ1) is 11.1. The van der Waals surface area contributed by atoms with Crippen molar-refractivity contribution in [2.45, 2.75) is 47.1 Å². The lowest BCUT2D eigenvalue weighted by Gasteiger charge is -2.04. The second-order valence-electron chi connectivity index (χ2n) is 4.21. The van der Waals surface area contributed by atoms with Gasteiger partial charge in [-0.1, -0.05) is 20.8 Å². The zero-order chi connectivity index (χ0) is 10.7. The zero-order valence-electron chi connectivity index (χ0n) is 9.54. The van der Waals surface area contributed by atoms with E-state index in [1.807, 2.05) is 6.92 Å². The molecule has 0 aliphatic rings. The van der Waals surface area contributed by atoms with Crippen molar-refractivity contribution >= 4 is 0 Å². The third-order valence-electron chi connectivity index (χ3n) is 2.27. The Balaban J connectivity index is 2.92. The third-order valence-corrected chi connectivity index (χ3v) is 2.27. The van der Waals surface area contributed by atoms with Gasteiger partial charge in [0, 0.05) is 12.1 Å². The first-order valence-electron chi connectivity index (χ1n) is 5.31. The summed E-state index contributed by atoms with van der Waals surface area (Å²) in [5, 5.41) is 14.2. The van der Waals surface area contributed by atoms with Crippen LogP contribution in [0, 0.1) is 12.8 Å². The predicted octanol–water partition coefficient (Wildman–Crippen LogP) is 2.51. The van der Waals surface area contributed by atoms with Crippen molar-refractivity contribution in [3.8, 4) is 5.88 Å². The lowest BCUT2D eigenvalue weighted by atomic mass is 10.0. The molecular formula is C11H20N2O. The molecule has 0 radical (unpaired) electrons. The second kappa shape index (κ2) is 4.49. The van der Waals surface area contributed by atoms with Crippen molar-refractivity contribution < 1.29 is 5.11 Å². The zero-order valence-corrected chi connectivity index (χ0v) is 9.54. The first-order valence-corrected chi connectivity index (χ1v) is 5.31. The Bertz CT molecular complexity index is 302. The molecule has 0 aliphatic carbocycles. The normalized spacial score (nSPS) is 11.2. The largest absolute Gasteiger partial charge is 0.493 e. The summed E-state index contributed by atoms with van der Waals surface area (Å²) in [6.45, 7) is 9.14. The molecule has 1 N–H and O–H groups in total. The number of aromatic nitrogens is 2. The molecule has 1 rings (SSSR count). The monoisotopic (exact) mass is 196 g/mol. The van der Waals surface area contributed by atoms with E-state index < -0.39 is 0 Å². The number of nitrogens with zero attached hydrogens (tertiary/aromatic N) is 2. The van der Waals surface area contributed by atoms with Gasteiger partial charge in [0.15, 0.2) is 0 Å². The summed E-state index contributed by atoms with van der Waals surface area (Å²) >= 11 is 0. The minimum absolute atomic E-state index is 0.359. The lowest BCUT2D eigenvalue weighted by Crippen LogP contribution is -1.98. The van der Waals surface area contributed by atoms with E-state index in [9.17, 15) is 5.11 Å². The summed E-state index contributed by atoms with van der Waals surface area (Å²) in [7, 11) is 0. The van der Waals surface area contributed by atoms with Gasteiger partial charge in [0.05, 0.1) is 5.69 Å². The van der Waals surface area contributed by atoms with Crippen molar-refractivity contribution in [2.24, 2.45) is 5.92 Å². The Morgan fingerprint density at radius 3 is 2.57 bits per heavy atom. The fourth-order valence-electron chi connectivity index (χ4n) is 1.62. The summed E-state index contributed by atoms with van der Waals surface area (Å²) < 4.78 is 1.70. The predicted molar refractivity (Wildman–Crippen MR) is 57.5 cm³/mol. The van der Waals surface area contributed by atoms with Gasteiger partial charge in [-0.05, 0) is 25.7 Å².